The SMILES string of the molecule is COc1cc(Br)c(C(C)(C)C)cc1Cl. The molecule has 0 radical (unpaired) electrons. The molecule has 78 valence electrons. The Kier molecular flexibility index (Phi) is 3.49. The first-order valence-electron chi connectivity index (χ1n) is 4.40. The molecule has 0 aromatic heterocycles. The van der Waals surface area contributed by atoms with Gasteiger partial charge in [0, 0.05) is 4.47 Å². The Labute approximate surface area is 98.5 Å². The summed E-state index contributed by atoms with van der Waals surface area (Å²) in [4.78, 5) is 0. The van der Waals surface area contributed by atoms with Gasteiger partial charge in [0.15, 0.2) is 0 Å². The Morgan fingerprint density at radius 1 is 1.29 bits per heavy atom. The maximum atomic E-state index is 6.06. The maximum Gasteiger partial charge on any atom is 0.138 e. The van der Waals surface area contributed by atoms with E-state index < -0.39 is 0 Å². The highest BCUT2D eigenvalue weighted by molar-refractivity contribution is 9.10. The minimum Gasteiger partial charge on any atom is -0.495 e. The summed E-state index contributed by atoms with van der Waals surface area (Å²) < 4.78 is 6.17. The molecule has 0 N–H and O–H groups in total. The van der Waals surface area contributed by atoms with Crippen LogP contribution in [0.2, 0.25) is 5.02 Å². The number of rotatable bonds is 1. The maximum absolute atomic E-state index is 6.06. The second-order valence-corrected chi connectivity index (χ2v) is 5.48. The quantitative estimate of drug-likeness (QED) is 0.739. The Morgan fingerprint density at radius 2 is 1.86 bits per heavy atom. The Balaban J connectivity index is 3.29. The summed E-state index contributed by atoms with van der Waals surface area (Å²) in [6, 6.07) is 3.85. The molecule has 0 saturated heterocycles. The van der Waals surface area contributed by atoms with Crippen molar-refractivity contribution in [1.29, 1.82) is 0 Å². The molecule has 0 aliphatic carbocycles. The number of benzene rings is 1. The number of ether oxygens (including phenoxy) is 1. The third-order valence-corrected chi connectivity index (χ3v) is 3.00. The predicted octanol–water partition coefficient (Wildman–Crippen LogP) is 4.41. The summed E-state index contributed by atoms with van der Waals surface area (Å²) >= 11 is 9.58. The standard InChI is InChI=1S/C11H14BrClO/c1-11(2,3)7-5-9(13)10(14-4)6-8(7)12/h5-6H,1-4H3. The smallest absolute Gasteiger partial charge is 0.138 e. The molecule has 0 spiro atoms. The van der Waals surface area contributed by atoms with Crippen molar-refractivity contribution in [3.8, 4) is 5.75 Å². The normalized spacial score (nSPS) is 11.6. The van der Waals surface area contributed by atoms with E-state index in [9.17, 15) is 0 Å². The molecule has 0 fully saturated rings. The summed E-state index contributed by atoms with van der Waals surface area (Å²) in [5.41, 5.74) is 1.26. The average molecular weight is 278 g/mol. The first-order chi connectivity index (χ1) is 6.36. The number of methoxy groups -OCH3 is 1. The van der Waals surface area contributed by atoms with Gasteiger partial charge in [0.05, 0.1) is 12.1 Å². The van der Waals surface area contributed by atoms with Crippen LogP contribution in [-0.2, 0) is 5.41 Å². The van der Waals surface area contributed by atoms with Crippen molar-refractivity contribution in [1.82, 2.24) is 0 Å². The van der Waals surface area contributed by atoms with Gasteiger partial charge in [0.25, 0.3) is 0 Å². The van der Waals surface area contributed by atoms with Gasteiger partial charge < -0.3 is 4.74 Å². The van der Waals surface area contributed by atoms with E-state index in [0.29, 0.717) is 10.8 Å². The topological polar surface area (TPSA) is 9.23 Å². The van der Waals surface area contributed by atoms with E-state index in [4.69, 9.17) is 16.3 Å². The molecular formula is C11H14BrClO. The summed E-state index contributed by atoms with van der Waals surface area (Å²) in [5.74, 6) is 0.701. The lowest BCUT2D eigenvalue weighted by Gasteiger charge is -2.21. The third-order valence-electron chi connectivity index (χ3n) is 2.05. The van der Waals surface area contributed by atoms with E-state index in [1.165, 1.54) is 5.56 Å². The van der Waals surface area contributed by atoms with Crippen molar-refractivity contribution in [2.75, 3.05) is 7.11 Å². The van der Waals surface area contributed by atoms with Crippen LogP contribution in [-0.4, -0.2) is 7.11 Å². The van der Waals surface area contributed by atoms with E-state index in [0.717, 1.165) is 4.47 Å². The lowest BCUT2D eigenvalue weighted by Crippen LogP contribution is -2.12. The summed E-state index contributed by atoms with van der Waals surface area (Å²) in [7, 11) is 1.62. The van der Waals surface area contributed by atoms with Crippen molar-refractivity contribution in [2.45, 2.75) is 26.2 Å². The molecule has 0 saturated carbocycles. The highest BCUT2D eigenvalue weighted by Gasteiger charge is 2.19. The van der Waals surface area contributed by atoms with Crippen LogP contribution in [0.4, 0.5) is 0 Å². The van der Waals surface area contributed by atoms with Gasteiger partial charge in [-0.25, -0.2) is 0 Å². The zero-order valence-electron chi connectivity index (χ0n) is 8.82. The monoisotopic (exact) mass is 276 g/mol. The van der Waals surface area contributed by atoms with Crippen LogP contribution < -0.4 is 4.74 Å². The van der Waals surface area contributed by atoms with Crippen molar-refractivity contribution in [2.24, 2.45) is 0 Å². The van der Waals surface area contributed by atoms with Gasteiger partial charge in [0.2, 0.25) is 0 Å². The van der Waals surface area contributed by atoms with Gasteiger partial charge in [-0.3, -0.25) is 0 Å². The van der Waals surface area contributed by atoms with Crippen molar-refractivity contribution in [3.05, 3.63) is 27.2 Å². The summed E-state index contributed by atoms with van der Waals surface area (Å²) in [5, 5.41) is 0.653. The molecule has 0 heterocycles. The molecule has 14 heavy (non-hydrogen) atoms. The number of halogens is 2. The largest absolute Gasteiger partial charge is 0.495 e. The Hall–Kier alpha value is -0.210. The highest BCUT2D eigenvalue weighted by atomic mass is 79.9. The molecule has 1 aromatic carbocycles. The van der Waals surface area contributed by atoms with E-state index in [2.05, 4.69) is 36.7 Å². The third kappa shape index (κ3) is 2.43. The van der Waals surface area contributed by atoms with Crippen molar-refractivity contribution < 1.29 is 4.74 Å². The minimum absolute atomic E-state index is 0.0781. The first-order valence-corrected chi connectivity index (χ1v) is 5.57. The minimum atomic E-state index is 0.0781. The van der Waals surface area contributed by atoms with Gasteiger partial charge in [-0.15, -0.1) is 0 Å². The van der Waals surface area contributed by atoms with Crippen LogP contribution in [0.25, 0.3) is 0 Å². The fourth-order valence-corrected chi connectivity index (χ4v) is 2.42. The van der Waals surface area contributed by atoms with Crippen LogP contribution >= 0.6 is 27.5 Å². The predicted molar refractivity (Wildman–Crippen MR) is 64.4 cm³/mol. The molecule has 1 nitrogen and oxygen atoms in total. The van der Waals surface area contributed by atoms with Gasteiger partial charge in [-0.1, -0.05) is 48.3 Å². The van der Waals surface area contributed by atoms with Crippen molar-refractivity contribution in [3.63, 3.8) is 0 Å². The molecule has 0 aliphatic rings. The molecule has 0 bridgehead atoms. The average Bonchev–Trinajstić information content (AvgIpc) is 2.06. The Bertz CT molecular complexity index is 342. The lowest BCUT2D eigenvalue weighted by atomic mass is 9.87. The van der Waals surface area contributed by atoms with Gasteiger partial charge in [-0.2, -0.15) is 0 Å². The second-order valence-electron chi connectivity index (χ2n) is 4.22. The van der Waals surface area contributed by atoms with E-state index in [-0.39, 0.29) is 5.41 Å². The molecular weight excluding hydrogens is 263 g/mol. The van der Waals surface area contributed by atoms with Crippen LogP contribution in [0.1, 0.15) is 26.3 Å². The second kappa shape index (κ2) is 4.11. The van der Waals surface area contributed by atoms with Crippen LogP contribution in [0.15, 0.2) is 16.6 Å². The van der Waals surface area contributed by atoms with E-state index in [1.807, 2.05) is 12.1 Å². The summed E-state index contributed by atoms with van der Waals surface area (Å²) in [6.45, 7) is 6.45. The van der Waals surface area contributed by atoms with Gasteiger partial charge in [0.1, 0.15) is 5.75 Å². The zero-order valence-corrected chi connectivity index (χ0v) is 11.2. The molecule has 0 unspecified atom stereocenters. The zero-order chi connectivity index (χ0) is 10.9. The number of hydrogen-bond acceptors (Lipinski definition) is 1. The fraction of sp³-hybridized carbons (Fsp3) is 0.455. The summed E-state index contributed by atoms with van der Waals surface area (Å²) in [6.07, 6.45) is 0. The van der Waals surface area contributed by atoms with Crippen LogP contribution in [0, 0.1) is 0 Å². The van der Waals surface area contributed by atoms with Gasteiger partial charge in [-0.05, 0) is 23.1 Å². The van der Waals surface area contributed by atoms with Crippen molar-refractivity contribution >= 4 is 27.5 Å². The molecule has 3 heteroatoms. The van der Waals surface area contributed by atoms with Crippen LogP contribution in [0.5, 0.6) is 5.75 Å². The highest BCUT2D eigenvalue weighted by Crippen LogP contribution is 2.36. The first kappa shape index (κ1) is 11.9. The van der Waals surface area contributed by atoms with Gasteiger partial charge >= 0.3 is 0 Å². The fourth-order valence-electron chi connectivity index (χ4n) is 1.26. The molecule has 0 aliphatic heterocycles. The molecule has 1 rings (SSSR count). The lowest BCUT2D eigenvalue weighted by molar-refractivity contribution is 0.414. The molecule has 0 amide bonds. The number of hydrogen-bond donors (Lipinski definition) is 0. The van der Waals surface area contributed by atoms with E-state index in [1.54, 1.807) is 7.11 Å². The molecule has 1 aromatic rings. The van der Waals surface area contributed by atoms with Crippen LogP contribution in [0.3, 0.4) is 0 Å². The Morgan fingerprint density at radius 3 is 2.29 bits per heavy atom. The molecule has 0 atom stereocenters. The van der Waals surface area contributed by atoms with E-state index >= 15 is 0 Å².